The molecule has 0 bridgehead atoms. The van der Waals surface area contributed by atoms with E-state index in [2.05, 4.69) is 31.9 Å². The van der Waals surface area contributed by atoms with E-state index in [0.29, 0.717) is 26.7 Å². The number of ether oxygens (including phenoxy) is 1. The average molecular weight is 366 g/mol. The summed E-state index contributed by atoms with van der Waals surface area (Å²) in [6.45, 7) is 3.80. The van der Waals surface area contributed by atoms with Crippen LogP contribution in [-0.2, 0) is 0 Å². The van der Waals surface area contributed by atoms with E-state index in [4.69, 9.17) is 4.74 Å². The van der Waals surface area contributed by atoms with E-state index in [1.54, 1.807) is 19.1 Å². The van der Waals surface area contributed by atoms with Gasteiger partial charge in [0.2, 0.25) is 0 Å². The van der Waals surface area contributed by atoms with Crippen LogP contribution >= 0.6 is 31.9 Å². The quantitative estimate of drug-likeness (QED) is 0.811. The Morgan fingerprint density at radius 1 is 1.41 bits per heavy atom. The van der Waals surface area contributed by atoms with E-state index in [-0.39, 0.29) is 6.61 Å². The van der Waals surface area contributed by atoms with Crippen LogP contribution in [0.3, 0.4) is 0 Å². The Morgan fingerprint density at radius 2 is 1.94 bits per heavy atom. The van der Waals surface area contributed by atoms with Crippen molar-refractivity contribution >= 4 is 38.1 Å². The Morgan fingerprint density at radius 3 is 2.35 bits per heavy atom. The first-order valence-electron chi connectivity index (χ1n) is 5.19. The van der Waals surface area contributed by atoms with Gasteiger partial charge in [0.15, 0.2) is 0 Å². The van der Waals surface area contributed by atoms with Gasteiger partial charge in [0, 0.05) is 5.56 Å². The van der Waals surface area contributed by atoms with Crippen molar-refractivity contribution in [1.82, 2.24) is 0 Å². The number of hydrogen-bond donors (Lipinski definition) is 1. The fourth-order valence-corrected chi connectivity index (χ4v) is 2.57. The van der Waals surface area contributed by atoms with Crippen molar-refractivity contribution in [3.63, 3.8) is 0 Å². The van der Waals surface area contributed by atoms with Gasteiger partial charge >= 0.3 is 0 Å². The highest BCUT2D eigenvalue weighted by atomic mass is 79.9. The molecule has 0 radical (unpaired) electrons. The number of aliphatic hydroxyl groups is 1. The number of carbonyl (C=O) groups excluding carboxylic acids is 1. The van der Waals surface area contributed by atoms with Crippen LogP contribution in [0.2, 0.25) is 0 Å². The van der Waals surface area contributed by atoms with Crippen LogP contribution in [0.1, 0.15) is 30.6 Å². The first kappa shape index (κ1) is 14.7. The van der Waals surface area contributed by atoms with Crippen molar-refractivity contribution in [3.05, 3.63) is 26.6 Å². The Kier molecular flexibility index (Phi) is 5.16. The third-order valence-corrected chi connectivity index (χ3v) is 3.62. The highest BCUT2D eigenvalue weighted by Crippen LogP contribution is 2.35. The average Bonchev–Trinajstić information content (AvgIpc) is 2.27. The van der Waals surface area contributed by atoms with Crippen LogP contribution in [0.5, 0.6) is 5.75 Å². The summed E-state index contributed by atoms with van der Waals surface area (Å²) in [7, 11) is 0. The second-order valence-electron chi connectivity index (χ2n) is 4.07. The SMILES string of the molecule is CCC(C)(O)COc1c(Br)cc(C=O)cc1Br. The van der Waals surface area contributed by atoms with Gasteiger partial charge in [-0.1, -0.05) is 6.92 Å². The molecule has 0 saturated heterocycles. The third-order valence-electron chi connectivity index (χ3n) is 2.45. The zero-order valence-electron chi connectivity index (χ0n) is 9.67. The molecule has 1 atom stereocenters. The number of aldehydes is 1. The summed E-state index contributed by atoms with van der Waals surface area (Å²) in [6, 6.07) is 3.35. The number of rotatable bonds is 5. The Hall–Kier alpha value is -0.390. The molecule has 0 amide bonds. The van der Waals surface area contributed by atoms with Crippen molar-refractivity contribution in [2.24, 2.45) is 0 Å². The molecule has 0 aliphatic heterocycles. The maximum atomic E-state index is 10.7. The minimum atomic E-state index is -0.859. The predicted octanol–water partition coefficient (Wildman–Crippen LogP) is 3.56. The highest BCUT2D eigenvalue weighted by Gasteiger charge is 2.20. The Bertz CT molecular complexity index is 393. The van der Waals surface area contributed by atoms with Crippen LogP contribution in [-0.4, -0.2) is 23.6 Å². The molecule has 0 aliphatic rings. The molecule has 1 aromatic rings. The highest BCUT2D eigenvalue weighted by molar-refractivity contribution is 9.11. The van der Waals surface area contributed by atoms with Gasteiger partial charge in [-0.25, -0.2) is 0 Å². The molecule has 1 unspecified atom stereocenters. The topological polar surface area (TPSA) is 46.5 Å². The molecule has 5 heteroatoms. The standard InChI is InChI=1S/C12H14Br2O3/c1-3-12(2,16)7-17-11-9(13)4-8(6-15)5-10(11)14/h4-6,16H,3,7H2,1-2H3. The molecule has 0 aliphatic carbocycles. The van der Waals surface area contributed by atoms with Crippen molar-refractivity contribution in [2.45, 2.75) is 25.9 Å². The van der Waals surface area contributed by atoms with Crippen LogP contribution in [0.25, 0.3) is 0 Å². The smallest absolute Gasteiger partial charge is 0.150 e. The minimum absolute atomic E-state index is 0.196. The van der Waals surface area contributed by atoms with Gasteiger partial charge < -0.3 is 9.84 Å². The molecule has 0 saturated carbocycles. The number of benzene rings is 1. The molecular weight excluding hydrogens is 352 g/mol. The van der Waals surface area contributed by atoms with Gasteiger partial charge in [-0.3, -0.25) is 4.79 Å². The fraction of sp³-hybridized carbons (Fsp3) is 0.417. The summed E-state index contributed by atoms with van der Waals surface area (Å²) < 4.78 is 6.93. The molecule has 0 heterocycles. The molecule has 17 heavy (non-hydrogen) atoms. The zero-order valence-corrected chi connectivity index (χ0v) is 12.8. The summed E-state index contributed by atoms with van der Waals surface area (Å²) in [5.74, 6) is 0.587. The number of halogens is 2. The summed E-state index contributed by atoms with van der Waals surface area (Å²) >= 11 is 6.67. The van der Waals surface area contributed by atoms with E-state index < -0.39 is 5.60 Å². The molecule has 1 N–H and O–H groups in total. The van der Waals surface area contributed by atoms with Gasteiger partial charge in [-0.15, -0.1) is 0 Å². The summed E-state index contributed by atoms with van der Waals surface area (Å²) in [5.41, 5.74) is -0.305. The molecule has 0 aromatic heterocycles. The summed E-state index contributed by atoms with van der Waals surface area (Å²) in [5, 5.41) is 9.86. The van der Waals surface area contributed by atoms with Crippen LogP contribution in [0.15, 0.2) is 21.1 Å². The lowest BCUT2D eigenvalue weighted by atomic mass is 10.1. The van der Waals surface area contributed by atoms with Crippen molar-refractivity contribution in [2.75, 3.05) is 6.61 Å². The molecular formula is C12H14Br2O3. The molecule has 94 valence electrons. The Balaban J connectivity index is 2.89. The normalized spacial score (nSPS) is 14.2. The summed E-state index contributed by atoms with van der Waals surface area (Å²) in [4.78, 5) is 10.7. The second kappa shape index (κ2) is 5.98. The molecule has 3 nitrogen and oxygen atoms in total. The van der Waals surface area contributed by atoms with Crippen molar-refractivity contribution in [3.8, 4) is 5.75 Å². The van der Waals surface area contributed by atoms with Gasteiger partial charge in [0.25, 0.3) is 0 Å². The minimum Gasteiger partial charge on any atom is -0.488 e. The monoisotopic (exact) mass is 364 g/mol. The van der Waals surface area contributed by atoms with Crippen LogP contribution in [0.4, 0.5) is 0 Å². The van der Waals surface area contributed by atoms with Gasteiger partial charge in [-0.05, 0) is 57.3 Å². The maximum absolute atomic E-state index is 10.7. The van der Waals surface area contributed by atoms with E-state index >= 15 is 0 Å². The summed E-state index contributed by atoms with van der Waals surface area (Å²) in [6.07, 6.45) is 1.37. The van der Waals surface area contributed by atoms with Crippen molar-refractivity contribution < 1.29 is 14.6 Å². The lowest BCUT2D eigenvalue weighted by Gasteiger charge is -2.22. The fourth-order valence-electron chi connectivity index (χ4n) is 1.12. The molecule has 1 aromatic carbocycles. The lowest BCUT2D eigenvalue weighted by Crippen LogP contribution is -2.31. The van der Waals surface area contributed by atoms with E-state index in [0.717, 1.165) is 6.29 Å². The van der Waals surface area contributed by atoms with Gasteiger partial charge in [-0.2, -0.15) is 0 Å². The zero-order chi connectivity index (χ0) is 13.1. The van der Waals surface area contributed by atoms with Gasteiger partial charge in [0.05, 0.1) is 14.5 Å². The molecule has 0 spiro atoms. The first-order valence-corrected chi connectivity index (χ1v) is 6.77. The largest absolute Gasteiger partial charge is 0.488 e. The Labute approximate surface area is 117 Å². The van der Waals surface area contributed by atoms with E-state index in [1.807, 2.05) is 6.92 Å². The van der Waals surface area contributed by atoms with Crippen LogP contribution < -0.4 is 4.74 Å². The molecule has 1 rings (SSSR count). The predicted molar refractivity (Wildman–Crippen MR) is 73.6 cm³/mol. The van der Waals surface area contributed by atoms with Crippen molar-refractivity contribution in [1.29, 1.82) is 0 Å². The first-order chi connectivity index (χ1) is 7.89. The number of hydrogen-bond acceptors (Lipinski definition) is 3. The second-order valence-corrected chi connectivity index (χ2v) is 5.78. The van der Waals surface area contributed by atoms with E-state index in [9.17, 15) is 9.90 Å². The molecule has 0 fully saturated rings. The third kappa shape index (κ3) is 4.08. The van der Waals surface area contributed by atoms with Crippen LogP contribution in [0, 0.1) is 0 Å². The van der Waals surface area contributed by atoms with Gasteiger partial charge in [0.1, 0.15) is 18.6 Å². The number of carbonyl (C=O) groups is 1. The maximum Gasteiger partial charge on any atom is 0.150 e. The van der Waals surface area contributed by atoms with E-state index in [1.165, 1.54) is 0 Å². The lowest BCUT2D eigenvalue weighted by molar-refractivity contribution is 0.00799.